The van der Waals surface area contributed by atoms with E-state index in [2.05, 4.69) is 32.4 Å². The molecule has 0 spiro atoms. The number of aromatic nitrogens is 3. The van der Waals surface area contributed by atoms with Crippen LogP contribution in [0.3, 0.4) is 0 Å². The van der Waals surface area contributed by atoms with Gasteiger partial charge in [-0.2, -0.15) is 5.26 Å². The average molecular weight is 447 g/mol. The van der Waals surface area contributed by atoms with E-state index in [9.17, 15) is 4.79 Å². The number of H-pyrrole nitrogens is 1. The van der Waals surface area contributed by atoms with Crippen molar-refractivity contribution < 1.29 is 24.6 Å². The van der Waals surface area contributed by atoms with Crippen LogP contribution in [0.5, 0.6) is 0 Å². The number of aromatic amines is 1. The molecule has 174 valence electrons. The molecule has 11 heteroatoms. The Morgan fingerprint density at radius 2 is 1.97 bits per heavy atom. The first-order chi connectivity index (χ1) is 15.5. The van der Waals surface area contributed by atoms with Gasteiger partial charge in [0.2, 0.25) is 5.91 Å². The van der Waals surface area contributed by atoms with Crippen molar-refractivity contribution in [3.63, 3.8) is 0 Å². The monoisotopic (exact) mass is 446 g/mol. The molecular weight excluding hydrogens is 416 g/mol. The minimum absolute atomic E-state index is 0.219. The van der Waals surface area contributed by atoms with Crippen LogP contribution < -0.4 is 0 Å². The van der Waals surface area contributed by atoms with E-state index in [4.69, 9.17) is 25.1 Å². The number of hydrogen-bond donors (Lipinski definition) is 3. The molecule has 3 rings (SSSR count). The second-order valence-corrected chi connectivity index (χ2v) is 6.90. The number of nitriles is 1. The highest BCUT2D eigenvalue weighted by atomic mass is 16.3. The van der Waals surface area contributed by atoms with Gasteiger partial charge in [-0.3, -0.25) is 19.3 Å². The minimum atomic E-state index is -0.250. The number of imidazole rings is 1. The molecule has 2 aromatic heterocycles. The third-order valence-electron chi connectivity index (χ3n) is 4.90. The van der Waals surface area contributed by atoms with Gasteiger partial charge < -0.3 is 24.7 Å². The molecule has 0 bridgehead atoms. The van der Waals surface area contributed by atoms with Crippen LogP contribution in [0.4, 0.5) is 0 Å². The summed E-state index contributed by atoms with van der Waals surface area (Å²) in [6.07, 6.45) is 8.02. The van der Waals surface area contributed by atoms with Crippen molar-refractivity contribution >= 4 is 18.9 Å². The number of rotatable bonds is 6. The largest absolute Gasteiger partial charge is 0.483 e. The summed E-state index contributed by atoms with van der Waals surface area (Å²) in [6.45, 7) is 6.50. The second-order valence-electron chi connectivity index (χ2n) is 6.90. The molecule has 0 radical (unpaired) electrons. The van der Waals surface area contributed by atoms with Gasteiger partial charge in [0, 0.05) is 70.7 Å². The van der Waals surface area contributed by atoms with E-state index in [0.29, 0.717) is 18.7 Å². The van der Waals surface area contributed by atoms with Crippen LogP contribution >= 0.6 is 0 Å². The summed E-state index contributed by atoms with van der Waals surface area (Å²) < 4.78 is 2.07. The Morgan fingerprint density at radius 1 is 1.25 bits per heavy atom. The number of nitrogens with zero attached hydrogens (tertiary/aromatic N) is 5. The molecule has 2 aromatic rings. The van der Waals surface area contributed by atoms with Crippen molar-refractivity contribution in [2.75, 3.05) is 26.2 Å². The number of hydrogen-bond acceptors (Lipinski definition) is 6. The van der Waals surface area contributed by atoms with Crippen LogP contribution in [-0.4, -0.2) is 79.6 Å². The highest BCUT2D eigenvalue weighted by molar-refractivity contribution is 5.76. The summed E-state index contributed by atoms with van der Waals surface area (Å²) in [5, 5.41) is 22.7. The molecule has 11 nitrogen and oxygen atoms in total. The van der Waals surface area contributed by atoms with E-state index in [1.165, 1.54) is 0 Å². The first-order valence-corrected chi connectivity index (χ1v) is 10.3. The zero-order chi connectivity index (χ0) is 23.8. The Bertz CT molecular complexity index is 866. The fraction of sp³-hybridized carbons (Fsp3) is 0.476. The molecule has 3 heterocycles. The van der Waals surface area contributed by atoms with Gasteiger partial charge >= 0.3 is 0 Å². The predicted molar refractivity (Wildman–Crippen MR) is 116 cm³/mol. The molecule has 0 unspecified atom stereocenters. The lowest BCUT2D eigenvalue weighted by Gasteiger charge is -2.22. The first-order valence-electron chi connectivity index (χ1n) is 10.3. The molecule has 32 heavy (non-hydrogen) atoms. The number of carbonyl (C=O) groups is 3. The van der Waals surface area contributed by atoms with Gasteiger partial charge in [0.15, 0.2) is 0 Å². The lowest BCUT2D eigenvalue weighted by Crippen LogP contribution is -2.35. The van der Waals surface area contributed by atoms with Crippen molar-refractivity contribution in [2.24, 2.45) is 0 Å². The predicted octanol–water partition coefficient (Wildman–Crippen LogP) is 1.17. The standard InChI is InChI=1S/C19H26N6O.2CH2O2/c1-2-18-21-5-9-24(18)8-4-19(26)25-7-3-6-23(10-11-25)15-16-12-17(13-20)22-14-16;2*2-1-3/h5,9,12,14,22H,2-4,6-8,10-11,15H2,1H3;2*1H,(H,2,3). The van der Waals surface area contributed by atoms with Gasteiger partial charge in [-0.05, 0) is 18.1 Å². The highest BCUT2D eigenvalue weighted by Gasteiger charge is 2.19. The second kappa shape index (κ2) is 15.2. The molecule has 0 aliphatic carbocycles. The molecule has 0 saturated carbocycles. The Hall–Kier alpha value is -3.65. The zero-order valence-electron chi connectivity index (χ0n) is 18.2. The normalized spacial score (nSPS) is 13.4. The molecule has 1 aliphatic rings. The quantitative estimate of drug-likeness (QED) is 0.558. The van der Waals surface area contributed by atoms with E-state index in [1.807, 2.05) is 23.4 Å². The molecular formula is C21H30N6O5. The van der Waals surface area contributed by atoms with Crippen LogP contribution in [0.15, 0.2) is 24.7 Å². The van der Waals surface area contributed by atoms with Crippen molar-refractivity contribution in [1.29, 1.82) is 5.26 Å². The summed E-state index contributed by atoms with van der Waals surface area (Å²) in [7, 11) is 0. The van der Waals surface area contributed by atoms with E-state index in [1.54, 1.807) is 6.20 Å². The fourth-order valence-electron chi connectivity index (χ4n) is 3.46. The van der Waals surface area contributed by atoms with Gasteiger partial charge in [0.1, 0.15) is 17.6 Å². The third-order valence-corrected chi connectivity index (χ3v) is 4.90. The molecule has 0 aromatic carbocycles. The molecule has 1 saturated heterocycles. The van der Waals surface area contributed by atoms with E-state index < -0.39 is 0 Å². The maximum Gasteiger partial charge on any atom is 0.290 e. The number of amides is 1. The molecule has 1 amide bonds. The van der Waals surface area contributed by atoms with Gasteiger partial charge in [-0.25, -0.2) is 4.98 Å². The van der Waals surface area contributed by atoms with Crippen LogP contribution in [0, 0.1) is 11.3 Å². The van der Waals surface area contributed by atoms with E-state index in [0.717, 1.165) is 57.0 Å². The van der Waals surface area contributed by atoms with Gasteiger partial charge in [-0.15, -0.1) is 0 Å². The Kier molecular flexibility index (Phi) is 12.5. The highest BCUT2D eigenvalue weighted by Crippen LogP contribution is 2.11. The van der Waals surface area contributed by atoms with Crippen molar-refractivity contribution in [3.8, 4) is 6.07 Å². The summed E-state index contributed by atoms with van der Waals surface area (Å²) in [6, 6.07) is 4.01. The molecule has 0 atom stereocenters. The van der Waals surface area contributed by atoms with Crippen molar-refractivity contribution in [1.82, 2.24) is 24.3 Å². The molecule has 1 aliphatic heterocycles. The van der Waals surface area contributed by atoms with Crippen molar-refractivity contribution in [2.45, 2.75) is 39.3 Å². The van der Waals surface area contributed by atoms with Crippen LogP contribution in [0.1, 0.15) is 36.8 Å². The Balaban J connectivity index is 0.000000769. The van der Waals surface area contributed by atoms with Gasteiger partial charge in [0.25, 0.3) is 12.9 Å². The summed E-state index contributed by atoms with van der Waals surface area (Å²) in [4.78, 5) is 40.9. The summed E-state index contributed by atoms with van der Waals surface area (Å²) in [5.74, 6) is 1.25. The zero-order valence-corrected chi connectivity index (χ0v) is 18.2. The SMILES string of the molecule is CCc1nccn1CCC(=O)N1CCCN(Cc2c[nH]c(C#N)c2)CC1.O=CO.O=CO. The lowest BCUT2D eigenvalue weighted by atomic mass is 10.3. The summed E-state index contributed by atoms with van der Waals surface area (Å²) >= 11 is 0. The lowest BCUT2D eigenvalue weighted by molar-refractivity contribution is -0.131. The van der Waals surface area contributed by atoms with Crippen molar-refractivity contribution in [3.05, 3.63) is 41.7 Å². The summed E-state index contributed by atoms with van der Waals surface area (Å²) in [5.41, 5.74) is 1.71. The number of carboxylic acid groups (broad SMARTS) is 2. The number of carbonyl (C=O) groups excluding carboxylic acids is 1. The minimum Gasteiger partial charge on any atom is -0.483 e. The smallest absolute Gasteiger partial charge is 0.290 e. The molecule has 1 fully saturated rings. The Morgan fingerprint density at radius 3 is 2.59 bits per heavy atom. The van der Waals surface area contributed by atoms with E-state index in [-0.39, 0.29) is 18.9 Å². The van der Waals surface area contributed by atoms with Crippen LogP contribution in [-0.2, 0) is 33.9 Å². The number of aryl methyl sites for hydroxylation is 2. The fourth-order valence-corrected chi connectivity index (χ4v) is 3.46. The third kappa shape index (κ3) is 9.01. The number of nitrogens with one attached hydrogen (secondary N) is 1. The van der Waals surface area contributed by atoms with Crippen LogP contribution in [0.2, 0.25) is 0 Å². The molecule has 3 N–H and O–H groups in total. The first kappa shape index (κ1) is 26.4. The Labute approximate surface area is 186 Å². The topological polar surface area (TPSA) is 156 Å². The van der Waals surface area contributed by atoms with Gasteiger partial charge in [0.05, 0.1) is 0 Å². The average Bonchev–Trinajstić information content (AvgIpc) is 3.37. The van der Waals surface area contributed by atoms with Crippen LogP contribution in [0.25, 0.3) is 0 Å². The maximum absolute atomic E-state index is 12.6. The van der Waals surface area contributed by atoms with E-state index >= 15 is 0 Å². The maximum atomic E-state index is 12.6. The van der Waals surface area contributed by atoms with Gasteiger partial charge in [-0.1, -0.05) is 6.92 Å².